The van der Waals surface area contributed by atoms with Crippen molar-refractivity contribution in [2.45, 2.75) is 44.2 Å². The fraction of sp³-hybridized carbons (Fsp3) is 0.550. The summed E-state index contributed by atoms with van der Waals surface area (Å²) in [4.78, 5) is 1.89. The first-order valence-electron chi connectivity index (χ1n) is 9.57. The molecule has 2 aliphatic heterocycles. The topological polar surface area (TPSA) is 50.5 Å². The van der Waals surface area contributed by atoms with E-state index >= 15 is 0 Å². The molecule has 2 aliphatic rings. The molecule has 0 amide bonds. The van der Waals surface area contributed by atoms with Crippen LogP contribution >= 0.6 is 0 Å². The van der Waals surface area contributed by atoms with E-state index in [0.717, 1.165) is 23.7 Å². The van der Waals surface area contributed by atoms with E-state index in [4.69, 9.17) is 4.74 Å². The third-order valence-corrected chi connectivity index (χ3v) is 5.86. The molecule has 0 bridgehead atoms. The van der Waals surface area contributed by atoms with Crippen LogP contribution in [0.4, 0.5) is 13.2 Å². The molecule has 5 nitrogen and oxygen atoms in total. The number of hydrogen-bond acceptors (Lipinski definition) is 4. The normalized spacial score (nSPS) is 20.2. The fourth-order valence-corrected chi connectivity index (χ4v) is 4.39. The van der Waals surface area contributed by atoms with Crippen LogP contribution in [0.1, 0.15) is 53.1 Å². The Morgan fingerprint density at radius 1 is 1.21 bits per heavy atom. The van der Waals surface area contributed by atoms with E-state index in [9.17, 15) is 18.3 Å². The van der Waals surface area contributed by atoms with Crippen LogP contribution in [0.15, 0.2) is 24.3 Å². The zero-order valence-electron chi connectivity index (χ0n) is 15.7. The van der Waals surface area contributed by atoms with E-state index in [2.05, 4.69) is 5.10 Å². The van der Waals surface area contributed by atoms with Crippen LogP contribution in [-0.4, -0.2) is 39.5 Å². The maximum atomic E-state index is 13.3. The first-order chi connectivity index (χ1) is 13.4. The van der Waals surface area contributed by atoms with Gasteiger partial charge in [-0.05, 0) is 30.4 Å². The van der Waals surface area contributed by atoms with Crippen molar-refractivity contribution in [1.82, 2.24) is 14.7 Å². The average molecular weight is 395 g/mol. The highest BCUT2D eigenvalue weighted by Crippen LogP contribution is 2.39. The Labute approximate surface area is 161 Å². The van der Waals surface area contributed by atoms with Crippen LogP contribution in [0.3, 0.4) is 0 Å². The molecule has 3 heterocycles. The average Bonchev–Trinajstić information content (AvgIpc) is 3.04. The second-order valence-electron chi connectivity index (χ2n) is 7.51. The molecule has 1 unspecified atom stereocenters. The molecular weight excluding hydrogens is 371 g/mol. The number of ether oxygens (including phenoxy) is 1. The number of nitrogens with zero attached hydrogens (tertiary/aromatic N) is 3. The molecule has 1 N–H and O–H groups in total. The van der Waals surface area contributed by atoms with Crippen LogP contribution in [0.2, 0.25) is 0 Å². The van der Waals surface area contributed by atoms with Crippen molar-refractivity contribution in [3.05, 3.63) is 52.3 Å². The van der Waals surface area contributed by atoms with E-state index in [-0.39, 0.29) is 5.92 Å². The minimum absolute atomic E-state index is 0.165. The lowest BCUT2D eigenvalue weighted by Crippen LogP contribution is -2.37. The Hall–Kier alpha value is -1.90. The van der Waals surface area contributed by atoms with E-state index in [1.807, 2.05) is 11.9 Å². The van der Waals surface area contributed by atoms with Crippen molar-refractivity contribution in [3.8, 4) is 0 Å². The largest absolute Gasteiger partial charge is 0.416 e. The van der Waals surface area contributed by atoms with E-state index < -0.39 is 18.0 Å². The Morgan fingerprint density at radius 2 is 1.93 bits per heavy atom. The van der Waals surface area contributed by atoms with Crippen molar-refractivity contribution in [1.29, 1.82) is 0 Å². The van der Waals surface area contributed by atoms with Gasteiger partial charge in [-0.2, -0.15) is 18.3 Å². The molecular formula is C20H24F3N3O2. The second-order valence-corrected chi connectivity index (χ2v) is 7.51. The molecule has 1 aromatic heterocycles. The number of rotatable bonds is 3. The maximum absolute atomic E-state index is 13.3. The number of piperidine rings is 1. The van der Waals surface area contributed by atoms with Gasteiger partial charge < -0.3 is 9.84 Å². The Balaban J connectivity index is 1.48. The van der Waals surface area contributed by atoms with Crippen LogP contribution in [0.5, 0.6) is 0 Å². The molecule has 28 heavy (non-hydrogen) atoms. The number of aryl methyl sites for hydroxylation is 1. The van der Waals surface area contributed by atoms with Crippen molar-refractivity contribution in [2.24, 2.45) is 7.05 Å². The molecule has 0 spiro atoms. The predicted molar refractivity (Wildman–Crippen MR) is 96.5 cm³/mol. The Bertz CT molecular complexity index is 842. The van der Waals surface area contributed by atoms with Crippen LogP contribution in [0.25, 0.3) is 0 Å². The van der Waals surface area contributed by atoms with E-state index in [1.165, 1.54) is 6.07 Å². The van der Waals surface area contributed by atoms with Crippen molar-refractivity contribution in [3.63, 3.8) is 0 Å². The third kappa shape index (κ3) is 3.56. The number of hydrogen-bond donors (Lipinski definition) is 1. The van der Waals surface area contributed by atoms with Gasteiger partial charge >= 0.3 is 6.18 Å². The molecule has 8 heteroatoms. The quantitative estimate of drug-likeness (QED) is 0.866. The van der Waals surface area contributed by atoms with Gasteiger partial charge in [-0.15, -0.1) is 0 Å². The zero-order chi connectivity index (χ0) is 19.9. The molecule has 152 valence electrons. The number of aliphatic hydroxyl groups excluding tert-OH is 1. The van der Waals surface area contributed by atoms with Crippen LogP contribution < -0.4 is 0 Å². The lowest BCUT2D eigenvalue weighted by molar-refractivity contribution is -0.138. The highest BCUT2D eigenvalue weighted by atomic mass is 19.4. The fourth-order valence-electron chi connectivity index (χ4n) is 4.39. The number of aromatic nitrogens is 2. The highest BCUT2D eigenvalue weighted by molar-refractivity contribution is 5.33. The molecule has 1 aromatic carbocycles. The van der Waals surface area contributed by atoms with Gasteiger partial charge in [-0.25, -0.2) is 0 Å². The maximum Gasteiger partial charge on any atom is 0.416 e. The summed E-state index contributed by atoms with van der Waals surface area (Å²) < 4.78 is 47.3. The van der Waals surface area contributed by atoms with Crippen molar-refractivity contribution < 1.29 is 23.0 Å². The lowest BCUT2D eigenvalue weighted by Gasteiger charge is -2.35. The standard InChI is InChI=1S/C20H24F3N3O2/c1-25-17-8-11-28-12-15(17)18(24-25)19(27)26-9-6-13(7-10-26)14-4-2-3-5-16(14)20(21,22)23/h2-5,13,19,27H,6-12H2,1H3. The lowest BCUT2D eigenvalue weighted by atomic mass is 9.86. The second kappa shape index (κ2) is 7.50. The smallest absolute Gasteiger partial charge is 0.376 e. The monoisotopic (exact) mass is 395 g/mol. The summed E-state index contributed by atoms with van der Waals surface area (Å²) in [5.41, 5.74) is 2.42. The first kappa shape index (κ1) is 19.4. The summed E-state index contributed by atoms with van der Waals surface area (Å²) in [5, 5.41) is 15.4. The predicted octanol–water partition coefficient (Wildman–Crippen LogP) is 3.38. The van der Waals surface area contributed by atoms with E-state index in [1.54, 1.807) is 16.8 Å². The number of fused-ring (bicyclic) bond motifs is 1. The van der Waals surface area contributed by atoms with Gasteiger partial charge in [0.2, 0.25) is 0 Å². The Kier molecular flexibility index (Phi) is 5.20. The summed E-state index contributed by atoms with van der Waals surface area (Å²) in [7, 11) is 1.86. The summed E-state index contributed by atoms with van der Waals surface area (Å²) in [6.45, 7) is 2.12. The zero-order valence-corrected chi connectivity index (χ0v) is 15.7. The molecule has 2 aromatic rings. The van der Waals surface area contributed by atoms with Gasteiger partial charge in [-0.3, -0.25) is 9.58 Å². The van der Waals surface area contributed by atoms with Gasteiger partial charge in [0.1, 0.15) is 5.69 Å². The van der Waals surface area contributed by atoms with Crippen molar-refractivity contribution >= 4 is 0 Å². The SMILES string of the molecule is Cn1nc(C(O)N2CCC(c3ccccc3C(F)(F)F)CC2)c2c1CCOC2. The molecule has 0 radical (unpaired) electrons. The minimum Gasteiger partial charge on any atom is -0.376 e. The number of halogens is 3. The molecule has 0 aliphatic carbocycles. The highest BCUT2D eigenvalue weighted by Gasteiger charge is 2.37. The number of alkyl halides is 3. The summed E-state index contributed by atoms with van der Waals surface area (Å²) in [5.74, 6) is -0.165. The summed E-state index contributed by atoms with van der Waals surface area (Å²) >= 11 is 0. The molecule has 4 rings (SSSR count). The minimum atomic E-state index is -4.35. The number of benzene rings is 1. The van der Waals surface area contributed by atoms with Crippen LogP contribution in [0, 0.1) is 0 Å². The summed E-state index contributed by atoms with van der Waals surface area (Å²) in [6, 6.07) is 5.81. The van der Waals surface area contributed by atoms with Gasteiger partial charge in [-0.1, -0.05) is 18.2 Å². The van der Waals surface area contributed by atoms with Gasteiger partial charge in [0, 0.05) is 37.8 Å². The summed E-state index contributed by atoms with van der Waals surface area (Å²) in [6.07, 6.45) is -3.32. The molecule has 1 atom stereocenters. The van der Waals surface area contributed by atoms with Gasteiger partial charge in [0.05, 0.1) is 18.8 Å². The van der Waals surface area contributed by atoms with Gasteiger partial charge in [0.15, 0.2) is 6.23 Å². The Morgan fingerprint density at radius 3 is 2.64 bits per heavy atom. The number of aliphatic hydroxyl groups is 1. The third-order valence-electron chi connectivity index (χ3n) is 5.86. The van der Waals surface area contributed by atoms with Crippen LogP contribution in [-0.2, 0) is 31.0 Å². The van der Waals surface area contributed by atoms with Crippen molar-refractivity contribution in [2.75, 3.05) is 19.7 Å². The van der Waals surface area contributed by atoms with E-state index in [0.29, 0.717) is 50.4 Å². The molecule has 1 saturated heterocycles. The number of likely N-dealkylation sites (tertiary alicyclic amines) is 1. The van der Waals surface area contributed by atoms with Gasteiger partial charge in [0.25, 0.3) is 0 Å². The first-order valence-corrected chi connectivity index (χ1v) is 9.57. The molecule has 1 fully saturated rings. The molecule has 0 saturated carbocycles.